The highest BCUT2D eigenvalue weighted by atomic mass is 19.1. The van der Waals surface area contributed by atoms with E-state index in [9.17, 15) is 9.18 Å². The third-order valence-electron chi connectivity index (χ3n) is 4.22. The van der Waals surface area contributed by atoms with Crippen molar-refractivity contribution in [2.75, 3.05) is 47.8 Å². The molecule has 1 aliphatic heterocycles. The minimum Gasteiger partial charge on any atom is -0.368 e. The second kappa shape index (κ2) is 7.94. The lowest BCUT2D eigenvalue weighted by Gasteiger charge is -2.37. The van der Waals surface area contributed by atoms with Crippen molar-refractivity contribution < 1.29 is 9.18 Å². The first-order chi connectivity index (χ1) is 12.2. The Morgan fingerprint density at radius 3 is 2.20 bits per heavy atom. The van der Waals surface area contributed by atoms with E-state index in [4.69, 9.17) is 5.73 Å². The molecule has 0 bridgehead atoms. The first-order valence-corrected chi connectivity index (χ1v) is 8.37. The highest BCUT2D eigenvalue weighted by Gasteiger charge is 2.18. The molecule has 0 atom stereocenters. The number of nitrogens with one attached hydrogen (secondary N) is 1. The van der Waals surface area contributed by atoms with Crippen LogP contribution in [0.25, 0.3) is 0 Å². The van der Waals surface area contributed by atoms with E-state index in [1.807, 2.05) is 18.2 Å². The normalized spacial score (nSPS) is 14.5. The predicted molar refractivity (Wildman–Crippen MR) is 97.4 cm³/mol. The zero-order chi connectivity index (χ0) is 17.6. The lowest BCUT2D eigenvalue weighted by Crippen LogP contribution is -2.46. The molecule has 1 saturated heterocycles. The van der Waals surface area contributed by atoms with Crippen LogP contribution in [-0.2, 0) is 4.79 Å². The van der Waals surface area contributed by atoms with E-state index in [2.05, 4.69) is 20.1 Å². The smallest absolute Gasteiger partial charge is 0.226 e. The van der Waals surface area contributed by atoms with Crippen LogP contribution < -0.4 is 20.9 Å². The maximum atomic E-state index is 13.0. The summed E-state index contributed by atoms with van der Waals surface area (Å²) in [6.07, 6.45) is 2.06. The summed E-state index contributed by atoms with van der Waals surface area (Å²) in [4.78, 5) is 20.3. The van der Waals surface area contributed by atoms with Gasteiger partial charge < -0.3 is 20.9 Å². The first kappa shape index (κ1) is 17.2. The van der Waals surface area contributed by atoms with Gasteiger partial charge in [0.05, 0.1) is 11.9 Å². The molecule has 0 aliphatic carbocycles. The molecule has 2 heterocycles. The summed E-state index contributed by atoms with van der Waals surface area (Å²) in [5, 5.41) is 2.72. The number of carbonyl (C=O) groups excluding carboxylic acids is 1. The van der Waals surface area contributed by atoms with Crippen LogP contribution >= 0.6 is 0 Å². The average molecular weight is 343 g/mol. The molecule has 1 fully saturated rings. The van der Waals surface area contributed by atoms with Crippen molar-refractivity contribution >= 4 is 23.1 Å². The lowest BCUT2D eigenvalue weighted by molar-refractivity contribution is -0.116. The van der Waals surface area contributed by atoms with Crippen LogP contribution in [0.2, 0.25) is 0 Å². The number of piperazine rings is 1. The fraction of sp³-hybridized carbons (Fsp3) is 0.333. The fourth-order valence-corrected chi connectivity index (χ4v) is 2.86. The molecule has 1 aromatic heterocycles. The number of hydrogen-bond donors (Lipinski definition) is 2. The quantitative estimate of drug-likeness (QED) is 0.866. The maximum absolute atomic E-state index is 13.0. The van der Waals surface area contributed by atoms with Gasteiger partial charge in [0.25, 0.3) is 0 Å². The van der Waals surface area contributed by atoms with Crippen LogP contribution in [0.15, 0.2) is 42.6 Å². The Morgan fingerprint density at radius 2 is 1.64 bits per heavy atom. The van der Waals surface area contributed by atoms with Gasteiger partial charge in [0.2, 0.25) is 5.91 Å². The summed E-state index contributed by atoms with van der Waals surface area (Å²) < 4.78 is 13.0. The van der Waals surface area contributed by atoms with Gasteiger partial charge in [-0.05, 0) is 36.4 Å². The number of carbonyl (C=O) groups is 1. The zero-order valence-corrected chi connectivity index (χ0v) is 14.0. The van der Waals surface area contributed by atoms with E-state index in [1.165, 1.54) is 12.1 Å². The highest BCUT2D eigenvalue weighted by molar-refractivity contribution is 5.89. The maximum Gasteiger partial charge on any atom is 0.226 e. The number of aromatic nitrogens is 1. The SMILES string of the molecule is NCCC(=O)Nc1ccc(N2CCN(c3ccc(F)cc3)CC2)cn1. The van der Waals surface area contributed by atoms with Crippen molar-refractivity contribution in [1.29, 1.82) is 0 Å². The monoisotopic (exact) mass is 343 g/mol. The Labute approximate surface area is 146 Å². The summed E-state index contributed by atoms with van der Waals surface area (Å²) in [5.41, 5.74) is 7.42. The molecule has 0 saturated carbocycles. The van der Waals surface area contributed by atoms with Crippen LogP contribution in [0.3, 0.4) is 0 Å². The molecule has 7 heteroatoms. The summed E-state index contributed by atoms with van der Waals surface area (Å²) in [6.45, 7) is 3.76. The Balaban J connectivity index is 1.55. The number of amides is 1. The van der Waals surface area contributed by atoms with Gasteiger partial charge >= 0.3 is 0 Å². The molecule has 0 radical (unpaired) electrons. The molecule has 3 rings (SSSR count). The predicted octanol–water partition coefficient (Wildman–Crippen LogP) is 1.83. The number of rotatable bonds is 5. The summed E-state index contributed by atoms with van der Waals surface area (Å²) in [7, 11) is 0. The van der Waals surface area contributed by atoms with Gasteiger partial charge in [0.1, 0.15) is 11.6 Å². The van der Waals surface area contributed by atoms with Crippen LogP contribution in [0.4, 0.5) is 21.6 Å². The van der Waals surface area contributed by atoms with Crippen LogP contribution in [0.5, 0.6) is 0 Å². The van der Waals surface area contributed by atoms with Crippen molar-refractivity contribution in [3.05, 3.63) is 48.4 Å². The second-order valence-electron chi connectivity index (χ2n) is 5.94. The van der Waals surface area contributed by atoms with E-state index in [0.29, 0.717) is 12.4 Å². The van der Waals surface area contributed by atoms with Crippen molar-refractivity contribution in [1.82, 2.24) is 4.98 Å². The third-order valence-corrected chi connectivity index (χ3v) is 4.22. The molecule has 3 N–H and O–H groups in total. The highest BCUT2D eigenvalue weighted by Crippen LogP contribution is 2.21. The van der Waals surface area contributed by atoms with Crippen LogP contribution in [0.1, 0.15) is 6.42 Å². The number of benzene rings is 1. The molecule has 1 aromatic carbocycles. The summed E-state index contributed by atoms with van der Waals surface area (Å²) in [6, 6.07) is 10.4. The number of nitrogens with zero attached hydrogens (tertiary/aromatic N) is 3. The number of anilines is 3. The van der Waals surface area contributed by atoms with E-state index in [-0.39, 0.29) is 18.1 Å². The lowest BCUT2D eigenvalue weighted by atomic mass is 10.2. The van der Waals surface area contributed by atoms with Gasteiger partial charge in [-0.15, -0.1) is 0 Å². The van der Waals surface area contributed by atoms with Crippen LogP contribution in [-0.4, -0.2) is 43.6 Å². The van der Waals surface area contributed by atoms with E-state index in [1.54, 1.807) is 12.3 Å². The topological polar surface area (TPSA) is 74.5 Å². The van der Waals surface area contributed by atoms with E-state index >= 15 is 0 Å². The largest absolute Gasteiger partial charge is 0.368 e. The van der Waals surface area contributed by atoms with Gasteiger partial charge in [0.15, 0.2) is 0 Å². The second-order valence-corrected chi connectivity index (χ2v) is 5.94. The van der Waals surface area contributed by atoms with Crippen LogP contribution in [0, 0.1) is 5.82 Å². The minimum absolute atomic E-state index is 0.129. The van der Waals surface area contributed by atoms with Crippen molar-refractivity contribution in [2.45, 2.75) is 6.42 Å². The molecule has 2 aromatic rings. The zero-order valence-electron chi connectivity index (χ0n) is 14.0. The Bertz CT molecular complexity index is 696. The van der Waals surface area contributed by atoms with E-state index in [0.717, 1.165) is 37.6 Å². The molecule has 0 spiro atoms. The van der Waals surface area contributed by atoms with E-state index < -0.39 is 0 Å². The molecular formula is C18H22FN5O. The fourth-order valence-electron chi connectivity index (χ4n) is 2.86. The van der Waals surface area contributed by atoms with Gasteiger partial charge in [-0.1, -0.05) is 0 Å². The Hall–Kier alpha value is -2.67. The van der Waals surface area contributed by atoms with Crippen molar-refractivity contribution in [3.8, 4) is 0 Å². The van der Waals surface area contributed by atoms with Crippen molar-refractivity contribution in [3.63, 3.8) is 0 Å². The number of hydrogen-bond acceptors (Lipinski definition) is 5. The molecule has 1 aliphatic rings. The van der Waals surface area contributed by atoms with Gasteiger partial charge in [-0.25, -0.2) is 9.37 Å². The minimum atomic E-state index is -0.216. The Kier molecular flexibility index (Phi) is 5.45. The van der Waals surface area contributed by atoms with Gasteiger partial charge in [-0.2, -0.15) is 0 Å². The molecule has 25 heavy (non-hydrogen) atoms. The summed E-state index contributed by atoms with van der Waals surface area (Å²) in [5.74, 6) is 0.190. The first-order valence-electron chi connectivity index (χ1n) is 8.37. The molecule has 1 amide bonds. The molecule has 6 nitrogen and oxygen atoms in total. The number of nitrogens with two attached hydrogens (primary N) is 1. The number of halogens is 1. The third kappa shape index (κ3) is 4.45. The van der Waals surface area contributed by atoms with Crippen molar-refractivity contribution in [2.24, 2.45) is 5.73 Å². The molecule has 0 unspecified atom stereocenters. The Morgan fingerprint density at radius 1 is 1.04 bits per heavy atom. The molecule has 132 valence electrons. The number of pyridine rings is 1. The van der Waals surface area contributed by atoms with Gasteiger partial charge in [-0.3, -0.25) is 4.79 Å². The van der Waals surface area contributed by atoms with Gasteiger partial charge in [0, 0.05) is 44.8 Å². The standard InChI is InChI=1S/C18H22FN5O/c19-14-1-3-15(4-2-14)23-9-11-24(12-10-23)16-5-6-17(21-13-16)22-18(25)7-8-20/h1-6,13H,7-12,20H2,(H,21,22,25). The summed E-state index contributed by atoms with van der Waals surface area (Å²) >= 11 is 0. The molecular weight excluding hydrogens is 321 g/mol. The average Bonchev–Trinajstić information content (AvgIpc) is 2.63.